The molecule has 0 saturated heterocycles. The van der Waals surface area contributed by atoms with Crippen molar-refractivity contribution in [3.63, 3.8) is 0 Å². The van der Waals surface area contributed by atoms with Crippen molar-refractivity contribution in [1.29, 1.82) is 0 Å². The van der Waals surface area contributed by atoms with Crippen molar-refractivity contribution in [3.05, 3.63) is 57.5 Å². The number of thiophene rings is 1. The fraction of sp³-hybridized carbons (Fsp3) is 0.312. The van der Waals surface area contributed by atoms with Crippen LogP contribution in [-0.4, -0.2) is 12.5 Å². The Morgan fingerprint density at radius 1 is 1.20 bits per heavy atom. The molecule has 25 heavy (non-hydrogen) atoms. The molecular weight excluding hydrogens is 469 g/mol. The molecule has 2 rings (SSSR count). The number of nitrogens with one attached hydrogen (secondary N) is 2. The van der Waals surface area contributed by atoms with Crippen molar-refractivity contribution in [1.82, 2.24) is 10.6 Å². The van der Waals surface area contributed by atoms with Gasteiger partial charge in [-0.05, 0) is 36.1 Å². The number of alkyl halides is 3. The van der Waals surface area contributed by atoms with E-state index in [0.29, 0.717) is 25.1 Å². The molecule has 0 aliphatic rings. The van der Waals surface area contributed by atoms with Crippen LogP contribution in [0.15, 0.2) is 40.7 Å². The summed E-state index contributed by atoms with van der Waals surface area (Å²) in [6.07, 6.45) is -4.62. The van der Waals surface area contributed by atoms with Gasteiger partial charge in [0.1, 0.15) is 5.82 Å². The van der Waals surface area contributed by atoms with Crippen LogP contribution in [0.5, 0.6) is 0 Å². The lowest BCUT2D eigenvalue weighted by atomic mass is 10.1. The smallest absolute Gasteiger partial charge is 0.357 e. The molecule has 9 heteroatoms. The van der Waals surface area contributed by atoms with Gasteiger partial charge in [0.2, 0.25) is 0 Å². The second kappa shape index (κ2) is 9.95. The van der Waals surface area contributed by atoms with Crippen LogP contribution in [0.25, 0.3) is 0 Å². The van der Waals surface area contributed by atoms with Crippen molar-refractivity contribution in [2.24, 2.45) is 4.99 Å². The van der Waals surface area contributed by atoms with Gasteiger partial charge in [0, 0.05) is 11.4 Å². The number of rotatable bonds is 5. The lowest BCUT2D eigenvalue weighted by Crippen LogP contribution is -2.36. The normalized spacial score (nSPS) is 11.8. The highest BCUT2D eigenvalue weighted by Crippen LogP contribution is 2.32. The van der Waals surface area contributed by atoms with Gasteiger partial charge < -0.3 is 10.6 Å². The van der Waals surface area contributed by atoms with Gasteiger partial charge >= 0.3 is 6.18 Å². The number of aliphatic imine (C=N–C) groups is 1. The quantitative estimate of drug-likeness (QED) is 0.276. The Labute approximate surface area is 164 Å². The van der Waals surface area contributed by atoms with Crippen LogP contribution in [0.2, 0.25) is 0 Å². The first kappa shape index (κ1) is 21.7. The van der Waals surface area contributed by atoms with Crippen LogP contribution in [0.1, 0.15) is 22.9 Å². The molecule has 0 spiro atoms. The second-order valence-corrected chi connectivity index (χ2v) is 5.96. The van der Waals surface area contributed by atoms with E-state index < -0.39 is 17.6 Å². The molecule has 1 aromatic heterocycles. The second-order valence-electron chi connectivity index (χ2n) is 4.93. The van der Waals surface area contributed by atoms with E-state index in [9.17, 15) is 17.6 Å². The van der Waals surface area contributed by atoms with Gasteiger partial charge in [0.05, 0.1) is 18.7 Å². The molecule has 0 atom stereocenters. The van der Waals surface area contributed by atoms with E-state index in [1.54, 1.807) is 11.3 Å². The number of nitrogens with zero attached hydrogens (tertiary/aromatic N) is 1. The summed E-state index contributed by atoms with van der Waals surface area (Å²) < 4.78 is 52.1. The minimum atomic E-state index is -4.62. The molecule has 3 nitrogen and oxygen atoms in total. The Hall–Kier alpha value is -1.36. The standard InChI is InChI=1S/C16H17F4N3S.HI/c1-2-21-15(23-10-13-4-3-7-24-13)22-9-11-5-6-12(17)8-14(11)16(18,19)20;/h3-8H,2,9-10H2,1H3,(H2,21,22,23);1H. The van der Waals surface area contributed by atoms with Crippen LogP contribution in [0, 0.1) is 5.82 Å². The third-order valence-electron chi connectivity index (χ3n) is 3.14. The maximum absolute atomic E-state index is 13.1. The predicted octanol–water partition coefficient (Wildman–Crippen LogP) is 4.78. The summed E-state index contributed by atoms with van der Waals surface area (Å²) in [5, 5.41) is 7.97. The average molecular weight is 487 g/mol. The first-order chi connectivity index (χ1) is 11.4. The van der Waals surface area contributed by atoms with Gasteiger partial charge in [-0.3, -0.25) is 0 Å². The number of hydrogen-bond donors (Lipinski definition) is 2. The Morgan fingerprint density at radius 3 is 2.56 bits per heavy atom. The number of benzene rings is 1. The van der Waals surface area contributed by atoms with Gasteiger partial charge in [0.25, 0.3) is 0 Å². The fourth-order valence-corrected chi connectivity index (χ4v) is 2.68. The van der Waals surface area contributed by atoms with Crippen LogP contribution in [-0.2, 0) is 19.3 Å². The van der Waals surface area contributed by atoms with Crippen LogP contribution < -0.4 is 10.6 Å². The zero-order valence-corrected chi connectivity index (χ0v) is 16.5. The minimum Gasteiger partial charge on any atom is -0.357 e. The van der Waals surface area contributed by atoms with Gasteiger partial charge in [-0.15, -0.1) is 35.3 Å². The topological polar surface area (TPSA) is 36.4 Å². The average Bonchev–Trinajstić information content (AvgIpc) is 3.03. The molecule has 2 aromatic rings. The van der Waals surface area contributed by atoms with Crippen molar-refractivity contribution in [2.45, 2.75) is 26.2 Å². The van der Waals surface area contributed by atoms with E-state index >= 15 is 0 Å². The molecule has 0 aliphatic carbocycles. The predicted molar refractivity (Wildman–Crippen MR) is 103 cm³/mol. The van der Waals surface area contributed by atoms with Crippen molar-refractivity contribution in [2.75, 3.05) is 6.54 Å². The van der Waals surface area contributed by atoms with Gasteiger partial charge in [-0.2, -0.15) is 13.2 Å². The molecular formula is C16H18F4IN3S. The Morgan fingerprint density at radius 2 is 1.96 bits per heavy atom. The SMILES string of the molecule is CCNC(=NCc1ccc(F)cc1C(F)(F)F)NCc1cccs1.I. The van der Waals surface area contributed by atoms with E-state index in [1.165, 1.54) is 0 Å². The summed E-state index contributed by atoms with van der Waals surface area (Å²) in [6, 6.07) is 6.48. The Balaban J connectivity index is 0.00000312. The van der Waals surface area contributed by atoms with Crippen molar-refractivity contribution < 1.29 is 17.6 Å². The molecule has 0 bridgehead atoms. The van der Waals surface area contributed by atoms with E-state index in [4.69, 9.17) is 0 Å². The van der Waals surface area contributed by atoms with E-state index in [-0.39, 0.29) is 36.1 Å². The molecule has 138 valence electrons. The highest BCUT2D eigenvalue weighted by Gasteiger charge is 2.33. The minimum absolute atomic E-state index is 0. The summed E-state index contributed by atoms with van der Waals surface area (Å²) in [4.78, 5) is 5.25. The highest BCUT2D eigenvalue weighted by atomic mass is 127. The summed E-state index contributed by atoms with van der Waals surface area (Å²) >= 11 is 1.57. The summed E-state index contributed by atoms with van der Waals surface area (Å²) in [7, 11) is 0. The molecule has 0 aliphatic heterocycles. The number of guanidine groups is 1. The van der Waals surface area contributed by atoms with E-state index in [1.807, 2.05) is 24.4 Å². The maximum Gasteiger partial charge on any atom is 0.416 e. The summed E-state index contributed by atoms with van der Waals surface area (Å²) in [5.74, 6) is -0.513. The van der Waals surface area contributed by atoms with Crippen molar-refractivity contribution >= 4 is 41.3 Å². The third kappa shape index (κ3) is 6.81. The van der Waals surface area contributed by atoms with Crippen LogP contribution in [0.3, 0.4) is 0 Å². The first-order valence-electron chi connectivity index (χ1n) is 7.30. The number of hydrogen-bond acceptors (Lipinski definition) is 2. The van der Waals surface area contributed by atoms with Crippen LogP contribution in [0.4, 0.5) is 17.6 Å². The summed E-state index contributed by atoms with van der Waals surface area (Å²) in [6.45, 7) is 2.77. The zero-order chi connectivity index (χ0) is 17.6. The van der Waals surface area contributed by atoms with Crippen molar-refractivity contribution in [3.8, 4) is 0 Å². The first-order valence-corrected chi connectivity index (χ1v) is 8.18. The van der Waals surface area contributed by atoms with Gasteiger partial charge in [-0.1, -0.05) is 12.1 Å². The number of halogens is 5. The Kier molecular flexibility index (Phi) is 8.63. The Bertz CT molecular complexity index is 687. The molecule has 0 unspecified atom stereocenters. The molecule has 0 saturated carbocycles. The van der Waals surface area contributed by atoms with E-state index in [2.05, 4.69) is 15.6 Å². The fourth-order valence-electron chi connectivity index (χ4n) is 2.04. The monoisotopic (exact) mass is 487 g/mol. The lowest BCUT2D eigenvalue weighted by Gasteiger charge is -2.13. The largest absolute Gasteiger partial charge is 0.416 e. The zero-order valence-electron chi connectivity index (χ0n) is 13.4. The lowest BCUT2D eigenvalue weighted by molar-refractivity contribution is -0.138. The molecule has 1 heterocycles. The maximum atomic E-state index is 13.1. The van der Waals surface area contributed by atoms with Gasteiger partial charge in [-0.25, -0.2) is 9.38 Å². The molecule has 0 radical (unpaired) electrons. The van der Waals surface area contributed by atoms with Gasteiger partial charge in [0.15, 0.2) is 5.96 Å². The molecule has 2 N–H and O–H groups in total. The van der Waals surface area contributed by atoms with Crippen LogP contribution >= 0.6 is 35.3 Å². The van der Waals surface area contributed by atoms with E-state index in [0.717, 1.165) is 17.0 Å². The summed E-state index contributed by atoms with van der Waals surface area (Å²) in [5.41, 5.74) is -1.07. The molecule has 1 aromatic carbocycles. The third-order valence-corrected chi connectivity index (χ3v) is 4.02. The molecule has 0 fully saturated rings. The highest BCUT2D eigenvalue weighted by molar-refractivity contribution is 14.0. The molecule has 0 amide bonds.